The number of rotatable bonds is 7. The van der Waals surface area contributed by atoms with Crippen LogP contribution in [-0.2, 0) is 22.0 Å². The molecule has 2 nitrogen and oxygen atoms in total. The van der Waals surface area contributed by atoms with Crippen molar-refractivity contribution in [3.8, 4) is 5.75 Å². The molecule has 0 saturated carbocycles. The van der Waals surface area contributed by atoms with Crippen LogP contribution in [-0.4, -0.2) is 5.97 Å². The zero-order chi connectivity index (χ0) is 25.1. The molecule has 4 aromatic carbocycles. The summed E-state index contributed by atoms with van der Waals surface area (Å²) in [7, 11) is 0. The van der Waals surface area contributed by atoms with E-state index in [2.05, 4.69) is 95.3 Å². The van der Waals surface area contributed by atoms with Crippen LogP contribution in [0.15, 0.2) is 103 Å². The van der Waals surface area contributed by atoms with Crippen molar-refractivity contribution in [1.29, 1.82) is 0 Å². The van der Waals surface area contributed by atoms with Crippen LogP contribution in [0.25, 0.3) is 0 Å². The van der Waals surface area contributed by atoms with Gasteiger partial charge < -0.3 is 4.74 Å². The highest BCUT2D eigenvalue weighted by atomic mass is 16.5. The normalized spacial score (nSPS) is 11.8. The number of hydrogen-bond acceptors (Lipinski definition) is 2. The summed E-state index contributed by atoms with van der Waals surface area (Å²) < 4.78 is 5.64. The molecule has 0 radical (unpaired) electrons. The Balaban J connectivity index is 1.39. The van der Waals surface area contributed by atoms with E-state index in [0.29, 0.717) is 5.75 Å². The smallest absolute Gasteiger partial charge is 0.315 e. The molecule has 35 heavy (non-hydrogen) atoms. The van der Waals surface area contributed by atoms with Gasteiger partial charge >= 0.3 is 5.97 Å². The van der Waals surface area contributed by atoms with Gasteiger partial charge in [0, 0.05) is 10.8 Å². The van der Waals surface area contributed by atoms with Gasteiger partial charge in [0.15, 0.2) is 0 Å². The second-order valence-electron chi connectivity index (χ2n) is 10.4. The molecule has 0 N–H and O–H groups in total. The molecule has 2 heteroatoms. The maximum atomic E-state index is 12.6. The van der Waals surface area contributed by atoms with Crippen molar-refractivity contribution in [1.82, 2.24) is 0 Å². The van der Waals surface area contributed by atoms with Crippen LogP contribution in [0.2, 0.25) is 0 Å². The lowest BCUT2D eigenvalue weighted by atomic mass is 9.78. The van der Waals surface area contributed by atoms with Gasteiger partial charge in [-0.05, 0) is 46.9 Å². The molecule has 4 rings (SSSR count). The lowest BCUT2D eigenvalue weighted by molar-refractivity contribution is -0.133. The third-order valence-corrected chi connectivity index (χ3v) is 7.10. The van der Waals surface area contributed by atoms with E-state index in [4.69, 9.17) is 4.74 Å². The Bertz CT molecular complexity index is 1260. The molecule has 0 fully saturated rings. The van der Waals surface area contributed by atoms with Crippen molar-refractivity contribution >= 4 is 5.97 Å². The quantitative estimate of drug-likeness (QED) is 0.207. The number of hydrogen-bond donors (Lipinski definition) is 0. The maximum Gasteiger partial charge on any atom is 0.315 e. The van der Waals surface area contributed by atoms with Crippen molar-refractivity contribution in [3.63, 3.8) is 0 Å². The Morgan fingerprint density at radius 2 is 1.03 bits per heavy atom. The van der Waals surface area contributed by atoms with E-state index >= 15 is 0 Å². The van der Waals surface area contributed by atoms with E-state index < -0.39 is 0 Å². The minimum absolute atomic E-state index is 0.103. The molecule has 0 spiro atoms. The monoisotopic (exact) mass is 462 g/mol. The maximum absolute atomic E-state index is 12.6. The summed E-state index contributed by atoms with van der Waals surface area (Å²) in [5.74, 6) is 0.311. The first-order chi connectivity index (χ1) is 16.7. The molecular formula is C33H34O2. The minimum Gasteiger partial charge on any atom is -0.426 e. The first kappa shape index (κ1) is 24.5. The summed E-state index contributed by atoms with van der Waals surface area (Å²) in [5.41, 5.74) is 6.87. The second kappa shape index (κ2) is 9.92. The van der Waals surface area contributed by atoms with Gasteiger partial charge in [0.1, 0.15) is 5.75 Å². The molecule has 0 aliphatic heterocycles. The lowest BCUT2D eigenvalue weighted by Gasteiger charge is -2.26. The largest absolute Gasteiger partial charge is 0.426 e. The molecule has 0 saturated heterocycles. The fraction of sp³-hybridized carbons (Fsp3) is 0.242. The summed E-state index contributed by atoms with van der Waals surface area (Å²) in [6.45, 7) is 11.0. The van der Waals surface area contributed by atoms with Crippen LogP contribution in [0.5, 0.6) is 5.75 Å². The highest BCUT2D eigenvalue weighted by molar-refractivity contribution is 5.75. The van der Waals surface area contributed by atoms with Crippen molar-refractivity contribution in [2.24, 2.45) is 0 Å². The molecule has 0 atom stereocenters. The second-order valence-corrected chi connectivity index (χ2v) is 10.4. The number of carbonyl (C=O) groups is 1. The van der Waals surface area contributed by atoms with Gasteiger partial charge in [-0.15, -0.1) is 0 Å². The Kier molecular flexibility index (Phi) is 6.93. The van der Waals surface area contributed by atoms with E-state index in [0.717, 1.165) is 5.56 Å². The van der Waals surface area contributed by atoms with Crippen LogP contribution >= 0.6 is 0 Å². The molecule has 0 aliphatic rings. The summed E-state index contributed by atoms with van der Waals surface area (Å²) >= 11 is 0. The molecule has 0 bridgehead atoms. The molecule has 178 valence electrons. The zero-order valence-corrected chi connectivity index (χ0v) is 21.3. The standard InChI is InChI=1S/C33H34O2/c1-24-11-15-27(16-12-24)33(4,5)29-19-21-30(22-20-29)35-31(34)23-25-13-17-28(18-14-25)32(2,3)26-9-7-6-8-10-26/h6-22H,23H2,1-5H3. The van der Waals surface area contributed by atoms with E-state index in [-0.39, 0.29) is 23.2 Å². The third kappa shape index (κ3) is 5.54. The van der Waals surface area contributed by atoms with Gasteiger partial charge in [0.25, 0.3) is 0 Å². The Morgan fingerprint density at radius 3 is 1.54 bits per heavy atom. The average molecular weight is 463 g/mol. The number of ether oxygens (including phenoxy) is 1. The van der Waals surface area contributed by atoms with Gasteiger partial charge in [0.2, 0.25) is 0 Å². The summed E-state index contributed by atoms with van der Waals surface area (Å²) in [6, 6.07) is 35.2. The molecule has 4 aromatic rings. The lowest BCUT2D eigenvalue weighted by Crippen LogP contribution is -2.19. The topological polar surface area (TPSA) is 26.3 Å². The van der Waals surface area contributed by atoms with Gasteiger partial charge in [-0.1, -0.05) is 124 Å². The summed E-state index contributed by atoms with van der Waals surface area (Å²) in [5, 5.41) is 0. The Labute approximate surface area is 209 Å². The predicted molar refractivity (Wildman–Crippen MR) is 144 cm³/mol. The number of esters is 1. The molecular weight excluding hydrogens is 428 g/mol. The van der Waals surface area contributed by atoms with Gasteiger partial charge in [-0.3, -0.25) is 4.79 Å². The Hall–Kier alpha value is -3.65. The number of aryl methyl sites for hydroxylation is 1. The molecule has 0 aromatic heterocycles. The third-order valence-electron chi connectivity index (χ3n) is 7.10. The molecule has 0 heterocycles. The summed E-state index contributed by atoms with van der Waals surface area (Å²) in [6.07, 6.45) is 0.239. The summed E-state index contributed by atoms with van der Waals surface area (Å²) in [4.78, 5) is 12.6. The van der Waals surface area contributed by atoms with E-state index in [9.17, 15) is 4.79 Å². The fourth-order valence-electron chi connectivity index (χ4n) is 4.47. The van der Waals surface area contributed by atoms with Crippen LogP contribution < -0.4 is 4.74 Å². The van der Waals surface area contributed by atoms with Crippen LogP contribution in [0.3, 0.4) is 0 Å². The highest BCUT2D eigenvalue weighted by Crippen LogP contribution is 2.33. The van der Waals surface area contributed by atoms with Crippen LogP contribution in [0.4, 0.5) is 0 Å². The van der Waals surface area contributed by atoms with Crippen LogP contribution in [0, 0.1) is 6.92 Å². The van der Waals surface area contributed by atoms with Crippen molar-refractivity contribution in [3.05, 3.63) is 137 Å². The van der Waals surface area contributed by atoms with Crippen molar-refractivity contribution in [2.45, 2.75) is 51.9 Å². The van der Waals surface area contributed by atoms with Gasteiger partial charge in [-0.2, -0.15) is 0 Å². The zero-order valence-electron chi connectivity index (χ0n) is 21.3. The van der Waals surface area contributed by atoms with Gasteiger partial charge in [0.05, 0.1) is 6.42 Å². The Morgan fingerprint density at radius 1 is 0.600 bits per heavy atom. The molecule has 0 amide bonds. The van der Waals surface area contributed by atoms with E-state index in [1.165, 1.54) is 27.8 Å². The minimum atomic E-state index is -0.259. The number of carbonyl (C=O) groups excluding carboxylic acids is 1. The van der Waals surface area contributed by atoms with Gasteiger partial charge in [-0.25, -0.2) is 0 Å². The highest BCUT2D eigenvalue weighted by Gasteiger charge is 2.24. The predicted octanol–water partition coefficient (Wildman–Crippen LogP) is 7.79. The molecule has 0 aliphatic carbocycles. The van der Waals surface area contributed by atoms with Crippen LogP contribution in [0.1, 0.15) is 61.1 Å². The first-order valence-corrected chi connectivity index (χ1v) is 12.2. The average Bonchev–Trinajstić information content (AvgIpc) is 2.85. The number of benzene rings is 4. The first-order valence-electron chi connectivity index (χ1n) is 12.2. The van der Waals surface area contributed by atoms with E-state index in [1.54, 1.807) is 0 Å². The van der Waals surface area contributed by atoms with E-state index in [1.807, 2.05) is 42.5 Å². The van der Waals surface area contributed by atoms with Crippen molar-refractivity contribution in [2.75, 3.05) is 0 Å². The van der Waals surface area contributed by atoms with Crippen molar-refractivity contribution < 1.29 is 9.53 Å². The SMILES string of the molecule is Cc1ccc(C(C)(C)c2ccc(OC(=O)Cc3ccc(C(C)(C)c4ccccc4)cc3)cc2)cc1. The molecule has 0 unspecified atom stereocenters. The fourth-order valence-corrected chi connectivity index (χ4v) is 4.47.